The number of nitrogens with zero attached hydrogens (tertiary/aromatic N) is 3. The lowest BCUT2D eigenvalue weighted by atomic mass is 10.2. The molecule has 8 heteroatoms. The number of hydrogen-bond donors (Lipinski definition) is 1. The number of nitrogens with one attached hydrogen (secondary N) is 1. The van der Waals surface area contributed by atoms with E-state index in [1.807, 2.05) is 11.9 Å². The molecule has 7 nitrogen and oxygen atoms in total. The SMILES string of the molecule is COCCNC(=NCc1ccc([N+](=O)[O-])cc1)N(C)Cc1ccc(F)cc1. The third-order valence-corrected chi connectivity index (χ3v) is 3.84. The van der Waals surface area contributed by atoms with Gasteiger partial charge in [-0.15, -0.1) is 0 Å². The second-order valence-electron chi connectivity index (χ2n) is 5.97. The molecule has 27 heavy (non-hydrogen) atoms. The third-order valence-electron chi connectivity index (χ3n) is 3.84. The first-order valence-corrected chi connectivity index (χ1v) is 8.45. The summed E-state index contributed by atoms with van der Waals surface area (Å²) in [5, 5.41) is 14.0. The topological polar surface area (TPSA) is 80.0 Å². The number of hydrogen-bond acceptors (Lipinski definition) is 4. The highest BCUT2D eigenvalue weighted by molar-refractivity contribution is 5.79. The normalized spacial score (nSPS) is 11.3. The summed E-state index contributed by atoms with van der Waals surface area (Å²) < 4.78 is 18.1. The number of nitro groups is 1. The average Bonchev–Trinajstić information content (AvgIpc) is 2.66. The van der Waals surface area contributed by atoms with Crippen LogP contribution >= 0.6 is 0 Å². The maximum atomic E-state index is 13.1. The first kappa shape index (κ1) is 20.3. The molecular weight excluding hydrogens is 351 g/mol. The first-order valence-electron chi connectivity index (χ1n) is 8.45. The van der Waals surface area contributed by atoms with E-state index in [2.05, 4.69) is 10.3 Å². The number of aliphatic imine (C=N–C) groups is 1. The van der Waals surface area contributed by atoms with Crippen molar-refractivity contribution in [3.8, 4) is 0 Å². The number of guanidine groups is 1. The van der Waals surface area contributed by atoms with Crippen molar-refractivity contribution in [3.05, 3.63) is 75.6 Å². The van der Waals surface area contributed by atoms with Crippen LogP contribution in [0.25, 0.3) is 0 Å². The van der Waals surface area contributed by atoms with Crippen molar-refractivity contribution in [3.63, 3.8) is 0 Å². The van der Waals surface area contributed by atoms with Crippen LogP contribution in [0.3, 0.4) is 0 Å². The summed E-state index contributed by atoms with van der Waals surface area (Å²) in [5.41, 5.74) is 1.87. The zero-order valence-electron chi connectivity index (χ0n) is 15.4. The molecular formula is C19H23FN4O3. The van der Waals surface area contributed by atoms with Gasteiger partial charge in [0.2, 0.25) is 0 Å². The van der Waals surface area contributed by atoms with Gasteiger partial charge in [0.1, 0.15) is 5.82 Å². The number of methoxy groups -OCH3 is 1. The summed E-state index contributed by atoms with van der Waals surface area (Å²) in [6.07, 6.45) is 0. The monoisotopic (exact) mass is 374 g/mol. The van der Waals surface area contributed by atoms with E-state index in [0.717, 1.165) is 11.1 Å². The summed E-state index contributed by atoms with van der Waals surface area (Å²) in [4.78, 5) is 16.8. The van der Waals surface area contributed by atoms with Gasteiger partial charge in [-0.1, -0.05) is 24.3 Å². The van der Waals surface area contributed by atoms with E-state index in [0.29, 0.717) is 32.2 Å². The molecule has 0 heterocycles. The fraction of sp³-hybridized carbons (Fsp3) is 0.316. The highest BCUT2D eigenvalue weighted by Crippen LogP contribution is 2.13. The largest absolute Gasteiger partial charge is 0.383 e. The molecule has 0 spiro atoms. The summed E-state index contributed by atoms with van der Waals surface area (Å²) in [5.74, 6) is 0.390. The van der Waals surface area contributed by atoms with Crippen molar-refractivity contribution < 1.29 is 14.1 Å². The zero-order valence-corrected chi connectivity index (χ0v) is 15.4. The molecule has 2 aromatic rings. The minimum Gasteiger partial charge on any atom is -0.383 e. The van der Waals surface area contributed by atoms with Crippen molar-refractivity contribution in [2.45, 2.75) is 13.1 Å². The second-order valence-corrected chi connectivity index (χ2v) is 5.97. The van der Waals surface area contributed by atoms with Crippen LogP contribution in [0.1, 0.15) is 11.1 Å². The Morgan fingerprint density at radius 2 is 1.81 bits per heavy atom. The maximum absolute atomic E-state index is 13.1. The van der Waals surface area contributed by atoms with Crippen LogP contribution in [0, 0.1) is 15.9 Å². The summed E-state index contributed by atoms with van der Waals surface area (Å²) >= 11 is 0. The van der Waals surface area contributed by atoms with Crippen LogP contribution < -0.4 is 5.32 Å². The van der Waals surface area contributed by atoms with E-state index in [4.69, 9.17) is 4.74 Å². The quantitative estimate of drug-likeness (QED) is 0.253. The average molecular weight is 374 g/mol. The minimum absolute atomic E-state index is 0.0506. The fourth-order valence-corrected chi connectivity index (χ4v) is 2.40. The molecule has 0 unspecified atom stereocenters. The van der Waals surface area contributed by atoms with Gasteiger partial charge < -0.3 is 15.0 Å². The number of rotatable bonds is 8. The molecule has 0 aromatic heterocycles. The predicted molar refractivity (Wildman–Crippen MR) is 102 cm³/mol. The molecule has 0 saturated heterocycles. The van der Waals surface area contributed by atoms with Gasteiger partial charge >= 0.3 is 0 Å². The second kappa shape index (κ2) is 10.2. The van der Waals surface area contributed by atoms with Gasteiger partial charge in [-0.25, -0.2) is 9.38 Å². The van der Waals surface area contributed by atoms with E-state index in [1.54, 1.807) is 31.4 Å². The lowest BCUT2D eigenvalue weighted by molar-refractivity contribution is -0.384. The molecule has 0 saturated carbocycles. The molecule has 0 radical (unpaired) electrons. The Balaban J connectivity index is 2.07. The van der Waals surface area contributed by atoms with Crippen LogP contribution in [0.4, 0.5) is 10.1 Å². The Hall–Kier alpha value is -3.00. The number of non-ortho nitro benzene ring substituents is 1. The number of nitro benzene ring substituents is 1. The molecule has 0 aliphatic heterocycles. The van der Waals surface area contributed by atoms with E-state index >= 15 is 0 Å². The first-order chi connectivity index (χ1) is 13.0. The lowest BCUT2D eigenvalue weighted by Crippen LogP contribution is -2.40. The molecule has 2 rings (SSSR count). The van der Waals surface area contributed by atoms with Crippen LogP contribution in [-0.4, -0.2) is 43.1 Å². The number of ether oxygens (including phenoxy) is 1. The summed E-state index contributed by atoms with van der Waals surface area (Å²) in [7, 11) is 3.51. The molecule has 1 N–H and O–H groups in total. The molecule has 0 bridgehead atoms. The summed E-state index contributed by atoms with van der Waals surface area (Å²) in [6.45, 7) is 2.05. The van der Waals surface area contributed by atoms with Crippen molar-refractivity contribution in [1.29, 1.82) is 0 Å². The minimum atomic E-state index is -0.429. The van der Waals surface area contributed by atoms with E-state index < -0.39 is 4.92 Å². The molecule has 0 fully saturated rings. The summed E-state index contributed by atoms with van der Waals surface area (Å²) in [6, 6.07) is 12.6. The van der Waals surface area contributed by atoms with Gasteiger partial charge in [-0.3, -0.25) is 10.1 Å². The fourth-order valence-electron chi connectivity index (χ4n) is 2.40. The number of benzene rings is 2. The van der Waals surface area contributed by atoms with Gasteiger partial charge in [0.15, 0.2) is 5.96 Å². The van der Waals surface area contributed by atoms with Crippen LogP contribution in [0.2, 0.25) is 0 Å². The van der Waals surface area contributed by atoms with E-state index in [9.17, 15) is 14.5 Å². The molecule has 2 aromatic carbocycles. The lowest BCUT2D eigenvalue weighted by Gasteiger charge is -2.22. The predicted octanol–water partition coefficient (Wildman–Crippen LogP) is 2.96. The molecule has 0 aliphatic carbocycles. The molecule has 144 valence electrons. The van der Waals surface area contributed by atoms with Gasteiger partial charge in [0, 0.05) is 39.4 Å². The van der Waals surface area contributed by atoms with Crippen molar-refractivity contribution in [1.82, 2.24) is 10.2 Å². The number of halogens is 1. The molecule has 0 amide bonds. The standard InChI is InChI=1S/C19H23FN4O3/c1-23(14-16-3-7-17(20)8-4-16)19(21-11-12-27-2)22-13-15-5-9-18(10-6-15)24(25)26/h3-10H,11-14H2,1-2H3,(H,21,22). The van der Waals surface area contributed by atoms with Crippen LogP contribution in [-0.2, 0) is 17.8 Å². The van der Waals surface area contributed by atoms with E-state index in [1.165, 1.54) is 24.3 Å². The van der Waals surface area contributed by atoms with Gasteiger partial charge in [0.25, 0.3) is 5.69 Å². The highest BCUT2D eigenvalue weighted by Gasteiger charge is 2.08. The van der Waals surface area contributed by atoms with Crippen molar-refractivity contribution in [2.75, 3.05) is 27.3 Å². The third kappa shape index (κ3) is 6.67. The van der Waals surface area contributed by atoms with Crippen LogP contribution in [0.15, 0.2) is 53.5 Å². The Kier molecular flexibility index (Phi) is 7.69. The van der Waals surface area contributed by atoms with Gasteiger partial charge in [-0.05, 0) is 23.3 Å². The Labute approximate surface area is 157 Å². The highest BCUT2D eigenvalue weighted by atomic mass is 19.1. The van der Waals surface area contributed by atoms with Crippen molar-refractivity contribution in [2.24, 2.45) is 4.99 Å². The Morgan fingerprint density at radius 1 is 1.19 bits per heavy atom. The zero-order chi connectivity index (χ0) is 19.6. The van der Waals surface area contributed by atoms with Gasteiger partial charge in [0.05, 0.1) is 18.1 Å². The van der Waals surface area contributed by atoms with E-state index in [-0.39, 0.29) is 11.5 Å². The van der Waals surface area contributed by atoms with Crippen LogP contribution in [0.5, 0.6) is 0 Å². The Morgan fingerprint density at radius 3 is 2.41 bits per heavy atom. The van der Waals surface area contributed by atoms with Crippen molar-refractivity contribution >= 4 is 11.6 Å². The maximum Gasteiger partial charge on any atom is 0.269 e. The molecule has 0 atom stereocenters. The Bertz CT molecular complexity index is 764. The smallest absolute Gasteiger partial charge is 0.269 e. The van der Waals surface area contributed by atoms with Gasteiger partial charge in [-0.2, -0.15) is 0 Å². The molecule has 0 aliphatic rings.